The third-order valence-electron chi connectivity index (χ3n) is 3.83. The van der Waals surface area contributed by atoms with Gasteiger partial charge in [-0.1, -0.05) is 19.3 Å². The van der Waals surface area contributed by atoms with Gasteiger partial charge in [0.2, 0.25) is 0 Å². The largest absolute Gasteiger partial charge is 0.316 e. The highest BCUT2D eigenvalue weighted by atomic mass is 32.2. The molecule has 0 bridgehead atoms. The molecule has 0 amide bonds. The van der Waals surface area contributed by atoms with E-state index in [0.29, 0.717) is 6.04 Å². The highest BCUT2D eigenvalue weighted by Gasteiger charge is 2.22. The maximum absolute atomic E-state index is 12.8. The van der Waals surface area contributed by atoms with Gasteiger partial charge in [0.1, 0.15) is 5.82 Å². The first-order chi connectivity index (χ1) is 8.79. The molecule has 0 aliphatic heterocycles. The molecule has 0 aromatic heterocycles. The van der Waals surface area contributed by atoms with Crippen molar-refractivity contribution in [2.45, 2.75) is 43.0 Å². The van der Waals surface area contributed by atoms with Crippen molar-refractivity contribution in [3.05, 3.63) is 30.1 Å². The van der Waals surface area contributed by atoms with Crippen LogP contribution in [0.5, 0.6) is 0 Å². The van der Waals surface area contributed by atoms with Gasteiger partial charge in [0.15, 0.2) is 0 Å². The van der Waals surface area contributed by atoms with Crippen molar-refractivity contribution in [2.24, 2.45) is 5.92 Å². The lowest BCUT2D eigenvalue weighted by Crippen LogP contribution is -2.36. The van der Waals surface area contributed by atoms with Crippen LogP contribution in [-0.2, 0) is 0 Å². The SMILES string of the molecule is CNC(CSc1ccc(F)cc1)C1CCCCC1. The Morgan fingerprint density at radius 2 is 1.89 bits per heavy atom. The number of benzene rings is 1. The normalized spacial score (nSPS) is 18.8. The monoisotopic (exact) mass is 267 g/mol. The predicted molar refractivity (Wildman–Crippen MR) is 76.5 cm³/mol. The topological polar surface area (TPSA) is 12.0 Å². The Hall–Kier alpha value is -0.540. The van der Waals surface area contributed by atoms with Crippen molar-refractivity contribution in [1.82, 2.24) is 5.32 Å². The summed E-state index contributed by atoms with van der Waals surface area (Å²) in [6.45, 7) is 0. The van der Waals surface area contributed by atoms with Crippen molar-refractivity contribution in [1.29, 1.82) is 0 Å². The molecule has 1 unspecified atom stereocenters. The van der Waals surface area contributed by atoms with E-state index in [1.54, 1.807) is 0 Å². The van der Waals surface area contributed by atoms with Crippen LogP contribution < -0.4 is 5.32 Å². The number of halogens is 1. The summed E-state index contributed by atoms with van der Waals surface area (Å²) in [7, 11) is 2.06. The van der Waals surface area contributed by atoms with Crippen molar-refractivity contribution in [3.63, 3.8) is 0 Å². The summed E-state index contributed by atoms with van der Waals surface area (Å²) in [5.41, 5.74) is 0. The summed E-state index contributed by atoms with van der Waals surface area (Å²) in [6.07, 6.45) is 6.87. The van der Waals surface area contributed by atoms with Gasteiger partial charge in [-0.05, 0) is 50.1 Å². The predicted octanol–water partition coefficient (Wildman–Crippen LogP) is 4.09. The molecule has 1 N–H and O–H groups in total. The van der Waals surface area contributed by atoms with Crippen molar-refractivity contribution in [3.8, 4) is 0 Å². The molecular weight excluding hydrogens is 245 g/mol. The summed E-state index contributed by atoms with van der Waals surface area (Å²) >= 11 is 1.83. The molecule has 1 saturated carbocycles. The van der Waals surface area contributed by atoms with E-state index in [0.717, 1.165) is 16.6 Å². The third-order valence-corrected chi connectivity index (χ3v) is 4.96. The third kappa shape index (κ3) is 3.99. The van der Waals surface area contributed by atoms with Crippen LogP contribution in [0.1, 0.15) is 32.1 Å². The van der Waals surface area contributed by atoms with Gasteiger partial charge in [-0.3, -0.25) is 0 Å². The average molecular weight is 267 g/mol. The molecule has 0 saturated heterocycles. The Bertz CT molecular complexity index is 346. The standard InChI is InChI=1S/C15H22FNS/c1-17-15(12-5-3-2-4-6-12)11-18-14-9-7-13(16)8-10-14/h7-10,12,15,17H,2-6,11H2,1H3. The lowest BCUT2D eigenvalue weighted by Gasteiger charge is -2.29. The lowest BCUT2D eigenvalue weighted by atomic mass is 9.84. The number of hydrogen-bond acceptors (Lipinski definition) is 2. The molecule has 18 heavy (non-hydrogen) atoms. The van der Waals surface area contributed by atoms with E-state index < -0.39 is 0 Å². The molecule has 1 aliphatic carbocycles. The van der Waals surface area contributed by atoms with E-state index in [4.69, 9.17) is 0 Å². The van der Waals surface area contributed by atoms with Crippen LogP contribution in [0.3, 0.4) is 0 Å². The summed E-state index contributed by atoms with van der Waals surface area (Å²) in [5, 5.41) is 3.46. The van der Waals surface area contributed by atoms with Gasteiger partial charge in [0, 0.05) is 16.7 Å². The zero-order valence-corrected chi connectivity index (χ0v) is 11.8. The second kappa shape index (κ2) is 7.15. The van der Waals surface area contributed by atoms with Crippen molar-refractivity contribution < 1.29 is 4.39 Å². The van der Waals surface area contributed by atoms with Gasteiger partial charge in [-0.15, -0.1) is 11.8 Å². The number of hydrogen-bond donors (Lipinski definition) is 1. The first kappa shape index (κ1) is 13.9. The van der Waals surface area contributed by atoms with Crippen LogP contribution >= 0.6 is 11.8 Å². The minimum atomic E-state index is -0.156. The first-order valence-electron chi connectivity index (χ1n) is 6.85. The van der Waals surface area contributed by atoms with Crippen LogP contribution in [0.4, 0.5) is 4.39 Å². The molecule has 1 aliphatic rings. The van der Waals surface area contributed by atoms with Crippen molar-refractivity contribution in [2.75, 3.05) is 12.8 Å². The van der Waals surface area contributed by atoms with Gasteiger partial charge in [-0.25, -0.2) is 4.39 Å². The molecule has 100 valence electrons. The quantitative estimate of drug-likeness (QED) is 0.807. The second-order valence-corrected chi connectivity index (χ2v) is 6.15. The van der Waals surface area contributed by atoms with Crippen LogP contribution in [0.2, 0.25) is 0 Å². The summed E-state index contributed by atoms with van der Waals surface area (Å²) in [6, 6.07) is 7.40. The Labute approximate surface area is 114 Å². The Morgan fingerprint density at radius 1 is 1.22 bits per heavy atom. The van der Waals surface area contributed by atoms with Gasteiger partial charge in [0.05, 0.1) is 0 Å². The van der Waals surface area contributed by atoms with Crippen LogP contribution in [0.15, 0.2) is 29.2 Å². The molecule has 0 radical (unpaired) electrons. The molecule has 1 aromatic carbocycles. The second-order valence-electron chi connectivity index (χ2n) is 5.06. The molecule has 1 atom stereocenters. The van der Waals surface area contributed by atoms with E-state index in [-0.39, 0.29) is 5.82 Å². The van der Waals surface area contributed by atoms with Crippen LogP contribution in [0.25, 0.3) is 0 Å². The molecule has 0 heterocycles. The van der Waals surface area contributed by atoms with E-state index in [9.17, 15) is 4.39 Å². The fourth-order valence-electron chi connectivity index (χ4n) is 2.71. The minimum Gasteiger partial charge on any atom is -0.316 e. The fraction of sp³-hybridized carbons (Fsp3) is 0.600. The van der Waals surface area contributed by atoms with Gasteiger partial charge >= 0.3 is 0 Å². The highest BCUT2D eigenvalue weighted by Crippen LogP contribution is 2.29. The Kier molecular flexibility index (Phi) is 5.51. The molecule has 1 fully saturated rings. The fourth-order valence-corrected chi connectivity index (χ4v) is 3.85. The Morgan fingerprint density at radius 3 is 2.50 bits per heavy atom. The molecule has 3 heteroatoms. The van der Waals surface area contributed by atoms with E-state index in [2.05, 4.69) is 12.4 Å². The van der Waals surface area contributed by atoms with E-state index in [1.165, 1.54) is 44.2 Å². The van der Waals surface area contributed by atoms with Crippen molar-refractivity contribution >= 4 is 11.8 Å². The van der Waals surface area contributed by atoms with Crippen LogP contribution in [0, 0.1) is 11.7 Å². The number of thioether (sulfide) groups is 1. The van der Waals surface area contributed by atoms with E-state index >= 15 is 0 Å². The molecule has 2 rings (SSSR count). The van der Waals surface area contributed by atoms with Gasteiger partial charge in [-0.2, -0.15) is 0 Å². The summed E-state index contributed by atoms with van der Waals surface area (Å²) < 4.78 is 12.8. The summed E-state index contributed by atoms with van der Waals surface area (Å²) in [4.78, 5) is 1.16. The zero-order valence-electron chi connectivity index (χ0n) is 11.0. The average Bonchev–Trinajstić information content (AvgIpc) is 2.43. The molecule has 0 spiro atoms. The first-order valence-corrected chi connectivity index (χ1v) is 7.84. The van der Waals surface area contributed by atoms with E-state index in [1.807, 2.05) is 23.9 Å². The van der Waals surface area contributed by atoms with Gasteiger partial charge in [0.25, 0.3) is 0 Å². The lowest BCUT2D eigenvalue weighted by molar-refractivity contribution is 0.294. The van der Waals surface area contributed by atoms with Crippen LogP contribution in [-0.4, -0.2) is 18.8 Å². The Balaban J connectivity index is 1.84. The molecule has 1 aromatic rings. The minimum absolute atomic E-state index is 0.156. The smallest absolute Gasteiger partial charge is 0.123 e. The molecule has 1 nitrogen and oxygen atoms in total. The molecular formula is C15H22FNS. The number of rotatable bonds is 5. The van der Waals surface area contributed by atoms with Gasteiger partial charge < -0.3 is 5.32 Å². The summed E-state index contributed by atoms with van der Waals surface area (Å²) in [5.74, 6) is 1.74. The number of nitrogens with one attached hydrogen (secondary N) is 1. The highest BCUT2D eigenvalue weighted by molar-refractivity contribution is 7.99. The zero-order chi connectivity index (χ0) is 12.8. The maximum atomic E-state index is 12.8. The maximum Gasteiger partial charge on any atom is 0.123 e.